The lowest BCUT2D eigenvalue weighted by Gasteiger charge is -2.43. The van der Waals surface area contributed by atoms with E-state index in [-0.39, 0.29) is 30.0 Å². The molecule has 2 aromatic carbocycles. The number of aromatic nitrogens is 1. The lowest BCUT2D eigenvalue weighted by molar-refractivity contribution is -0.136. The van der Waals surface area contributed by atoms with Crippen LogP contribution < -0.4 is 10.2 Å². The Balaban J connectivity index is 0.939. The highest BCUT2D eigenvalue weighted by molar-refractivity contribution is 6.05. The number of nitrogens with one attached hydrogen (secondary N) is 1. The van der Waals surface area contributed by atoms with Crippen molar-refractivity contribution in [1.29, 1.82) is 0 Å². The fourth-order valence-corrected chi connectivity index (χ4v) is 6.91. The molecule has 3 fully saturated rings. The third-order valence-corrected chi connectivity index (χ3v) is 9.18. The van der Waals surface area contributed by atoms with Gasteiger partial charge in [0.1, 0.15) is 11.9 Å². The molecule has 3 aromatic rings. The Morgan fingerprint density at radius 2 is 1.78 bits per heavy atom. The van der Waals surface area contributed by atoms with E-state index in [9.17, 15) is 18.8 Å². The summed E-state index contributed by atoms with van der Waals surface area (Å²) in [7, 11) is 0. The largest absolute Gasteiger partial charge is 0.354 e. The van der Waals surface area contributed by atoms with E-state index in [1.54, 1.807) is 11.0 Å². The molecule has 10 nitrogen and oxygen atoms in total. The standard InChI is InChI=1S/C30H33FN6O4/c31-20-4-5-23-26(16-20)41-33-28(23)36-14-12-35(13-15-36)21-8-10-34(11-9-21)17-19-2-1-3-22-24(19)18-37(30(22)40)25-6-7-27(38)32-29(25)39/h1-5,16,21,25H,6-15,17-18H2,(H,32,38,39). The Bertz CT molecular complexity index is 1510. The van der Waals surface area contributed by atoms with Crippen LogP contribution in [0.3, 0.4) is 0 Å². The monoisotopic (exact) mass is 560 g/mol. The first-order chi connectivity index (χ1) is 19.9. The number of halogens is 1. The molecule has 1 atom stereocenters. The van der Waals surface area contributed by atoms with Gasteiger partial charge in [0.15, 0.2) is 11.4 Å². The Morgan fingerprint density at radius 3 is 2.56 bits per heavy atom. The smallest absolute Gasteiger partial charge is 0.255 e. The van der Waals surface area contributed by atoms with Crippen LogP contribution in [0.2, 0.25) is 0 Å². The van der Waals surface area contributed by atoms with Gasteiger partial charge < -0.3 is 14.3 Å². The second-order valence-electron chi connectivity index (χ2n) is 11.5. The van der Waals surface area contributed by atoms with Crippen LogP contribution in [0.1, 0.15) is 47.2 Å². The molecule has 5 heterocycles. The van der Waals surface area contributed by atoms with Crippen LogP contribution in [0, 0.1) is 5.82 Å². The topological polar surface area (TPSA) is 102 Å². The van der Waals surface area contributed by atoms with Gasteiger partial charge in [-0.3, -0.25) is 29.5 Å². The van der Waals surface area contributed by atoms with Gasteiger partial charge in [-0.1, -0.05) is 17.3 Å². The molecule has 3 amide bonds. The molecule has 1 N–H and O–H groups in total. The number of piperazine rings is 1. The number of piperidine rings is 2. The second kappa shape index (κ2) is 10.5. The minimum atomic E-state index is -0.595. The number of hydrogen-bond donors (Lipinski definition) is 1. The summed E-state index contributed by atoms with van der Waals surface area (Å²) in [6.07, 6.45) is 2.80. The molecule has 4 aliphatic heterocycles. The first-order valence-electron chi connectivity index (χ1n) is 14.5. The lowest BCUT2D eigenvalue weighted by Crippen LogP contribution is -2.53. The number of likely N-dealkylation sites (tertiary alicyclic amines) is 1. The van der Waals surface area contributed by atoms with Crippen molar-refractivity contribution in [1.82, 2.24) is 25.2 Å². The van der Waals surface area contributed by atoms with E-state index < -0.39 is 6.04 Å². The molecule has 7 rings (SSSR count). The van der Waals surface area contributed by atoms with Gasteiger partial charge in [0.25, 0.3) is 5.91 Å². The third-order valence-electron chi connectivity index (χ3n) is 9.18. The zero-order chi connectivity index (χ0) is 28.1. The molecule has 0 spiro atoms. The number of carbonyl (C=O) groups excluding carboxylic acids is 3. The summed E-state index contributed by atoms with van der Waals surface area (Å²) in [6, 6.07) is 10.4. The van der Waals surface area contributed by atoms with Crippen LogP contribution in [-0.2, 0) is 22.7 Å². The van der Waals surface area contributed by atoms with Gasteiger partial charge in [-0.15, -0.1) is 0 Å². The predicted molar refractivity (Wildman–Crippen MR) is 149 cm³/mol. The summed E-state index contributed by atoms with van der Waals surface area (Å²) in [5.41, 5.74) is 3.29. The molecular weight excluding hydrogens is 527 g/mol. The Kier molecular flexibility index (Phi) is 6.70. The molecule has 4 aliphatic rings. The van der Waals surface area contributed by atoms with Crippen LogP contribution in [0.5, 0.6) is 0 Å². The van der Waals surface area contributed by atoms with Crippen molar-refractivity contribution in [2.45, 2.75) is 50.9 Å². The second-order valence-corrected chi connectivity index (χ2v) is 11.5. The average molecular weight is 561 g/mol. The molecule has 0 radical (unpaired) electrons. The minimum absolute atomic E-state index is 0.125. The highest BCUT2D eigenvalue weighted by atomic mass is 19.1. The van der Waals surface area contributed by atoms with E-state index in [2.05, 4.69) is 31.2 Å². The van der Waals surface area contributed by atoms with Crippen LogP contribution >= 0.6 is 0 Å². The Morgan fingerprint density at radius 1 is 0.976 bits per heavy atom. The van der Waals surface area contributed by atoms with Crippen molar-refractivity contribution in [3.05, 3.63) is 58.9 Å². The molecule has 1 unspecified atom stereocenters. The van der Waals surface area contributed by atoms with Gasteiger partial charge in [0.05, 0.1) is 5.39 Å². The summed E-state index contributed by atoms with van der Waals surface area (Å²) in [6.45, 7) is 6.76. The minimum Gasteiger partial charge on any atom is -0.354 e. The summed E-state index contributed by atoms with van der Waals surface area (Å²) >= 11 is 0. The van der Waals surface area contributed by atoms with E-state index in [4.69, 9.17) is 4.52 Å². The predicted octanol–water partition coefficient (Wildman–Crippen LogP) is 2.51. The highest BCUT2D eigenvalue weighted by Crippen LogP contribution is 2.32. The molecular formula is C30H33FN6O4. The number of benzene rings is 2. The van der Waals surface area contributed by atoms with Crippen molar-refractivity contribution in [3.8, 4) is 0 Å². The van der Waals surface area contributed by atoms with Gasteiger partial charge in [0.2, 0.25) is 11.8 Å². The molecule has 11 heteroatoms. The zero-order valence-electron chi connectivity index (χ0n) is 22.9. The van der Waals surface area contributed by atoms with Crippen LogP contribution in [0.4, 0.5) is 10.2 Å². The van der Waals surface area contributed by atoms with Gasteiger partial charge in [-0.05, 0) is 61.7 Å². The number of anilines is 1. The Hall–Kier alpha value is -3.83. The van der Waals surface area contributed by atoms with Gasteiger partial charge in [-0.2, -0.15) is 0 Å². The van der Waals surface area contributed by atoms with Crippen molar-refractivity contribution >= 4 is 34.5 Å². The van der Waals surface area contributed by atoms with Gasteiger partial charge in [0, 0.05) is 63.4 Å². The van der Waals surface area contributed by atoms with Crippen molar-refractivity contribution in [2.75, 3.05) is 44.2 Å². The zero-order valence-corrected chi connectivity index (χ0v) is 22.9. The maximum Gasteiger partial charge on any atom is 0.255 e. The number of carbonyl (C=O) groups is 3. The van der Waals surface area contributed by atoms with Crippen molar-refractivity contribution in [2.24, 2.45) is 0 Å². The van der Waals surface area contributed by atoms with Crippen LogP contribution in [0.25, 0.3) is 11.0 Å². The number of rotatable bonds is 5. The average Bonchev–Trinajstić information content (AvgIpc) is 3.55. The fourth-order valence-electron chi connectivity index (χ4n) is 6.91. The van der Waals surface area contributed by atoms with E-state index in [0.717, 1.165) is 81.0 Å². The summed E-state index contributed by atoms with van der Waals surface area (Å²) in [5.74, 6) is -0.311. The van der Waals surface area contributed by atoms with E-state index >= 15 is 0 Å². The quantitative estimate of drug-likeness (QED) is 0.475. The van der Waals surface area contributed by atoms with E-state index in [1.807, 2.05) is 12.1 Å². The van der Waals surface area contributed by atoms with Gasteiger partial charge in [-0.25, -0.2) is 4.39 Å². The summed E-state index contributed by atoms with van der Waals surface area (Å²) < 4.78 is 18.9. The number of hydrogen-bond acceptors (Lipinski definition) is 8. The first-order valence-corrected chi connectivity index (χ1v) is 14.5. The maximum absolute atomic E-state index is 13.5. The van der Waals surface area contributed by atoms with E-state index in [0.29, 0.717) is 30.2 Å². The molecule has 0 saturated carbocycles. The van der Waals surface area contributed by atoms with Crippen LogP contribution in [-0.4, -0.2) is 88.9 Å². The van der Waals surface area contributed by atoms with Gasteiger partial charge >= 0.3 is 0 Å². The fraction of sp³-hybridized carbons (Fsp3) is 0.467. The molecule has 0 aliphatic carbocycles. The maximum atomic E-state index is 13.5. The van der Waals surface area contributed by atoms with E-state index in [1.165, 1.54) is 12.1 Å². The number of imide groups is 1. The lowest BCUT2D eigenvalue weighted by atomic mass is 9.99. The van der Waals surface area contributed by atoms with Crippen molar-refractivity contribution < 1.29 is 23.3 Å². The highest BCUT2D eigenvalue weighted by Gasteiger charge is 2.40. The summed E-state index contributed by atoms with van der Waals surface area (Å²) in [5, 5.41) is 7.44. The number of amides is 3. The molecule has 3 saturated heterocycles. The number of fused-ring (bicyclic) bond motifs is 2. The first kappa shape index (κ1) is 26.1. The summed E-state index contributed by atoms with van der Waals surface area (Å²) in [4.78, 5) is 46.1. The molecule has 41 heavy (non-hydrogen) atoms. The third kappa shape index (κ3) is 4.87. The molecule has 1 aromatic heterocycles. The molecule has 0 bridgehead atoms. The number of nitrogens with zero attached hydrogens (tertiary/aromatic N) is 5. The molecule has 214 valence electrons. The Labute approximate surface area is 237 Å². The normalized spacial score (nSPS) is 23.0. The van der Waals surface area contributed by atoms with Crippen molar-refractivity contribution in [3.63, 3.8) is 0 Å². The van der Waals surface area contributed by atoms with Crippen LogP contribution in [0.15, 0.2) is 40.9 Å². The SMILES string of the molecule is O=C1CCC(N2Cc3c(CN4CCC(N5CCN(c6noc7cc(F)ccc67)CC5)CC4)cccc3C2=O)C(=O)N1.